The lowest BCUT2D eigenvalue weighted by Gasteiger charge is -2.16. The van der Waals surface area contributed by atoms with Crippen LogP contribution < -0.4 is 15.1 Å². The first kappa shape index (κ1) is 19.1. The van der Waals surface area contributed by atoms with Gasteiger partial charge in [0, 0.05) is 24.2 Å². The van der Waals surface area contributed by atoms with Crippen LogP contribution in [0.3, 0.4) is 0 Å². The average Bonchev–Trinajstić information content (AvgIpc) is 3.04. The number of amides is 1. The normalized spacial score (nSPS) is 10.9. The summed E-state index contributed by atoms with van der Waals surface area (Å²) in [5, 5.41) is 4.67. The van der Waals surface area contributed by atoms with E-state index in [0.29, 0.717) is 21.6 Å². The lowest BCUT2D eigenvalue weighted by Crippen LogP contribution is -2.24. The molecular formula is C17H19Cl2N3O3. The molecule has 0 spiro atoms. The van der Waals surface area contributed by atoms with Crippen molar-refractivity contribution in [2.45, 2.75) is 13.8 Å². The number of carbonyl (C=O) groups excluding carboxylic acids is 1. The van der Waals surface area contributed by atoms with Crippen molar-refractivity contribution in [3.8, 4) is 5.75 Å². The second-order valence-corrected chi connectivity index (χ2v) is 5.85. The van der Waals surface area contributed by atoms with Gasteiger partial charge in [0.1, 0.15) is 11.5 Å². The summed E-state index contributed by atoms with van der Waals surface area (Å²) in [6.07, 6.45) is 1.43. The van der Waals surface area contributed by atoms with Crippen molar-refractivity contribution < 1.29 is 13.9 Å². The summed E-state index contributed by atoms with van der Waals surface area (Å²) in [5.41, 5.74) is 2.36. The maximum Gasteiger partial charge on any atom is 0.277 e. The molecule has 1 heterocycles. The summed E-state index contributed by atoms with van der Waals surface area (Å²) in [5.74, 6) is 1.26. The van der Waals surface area contributed by atoms with Gasteiger partial charge in [0.05, 0.1) is 11.2 Å². The standard InChI is InChI=1S/C17H19Cl2N3O3/c1-3-22(4-2)17-8-6-13(25-17)10-20-21-16(23)11-24-15-7-5-12(18)9-14(15)19/h5-10H,3-4,11H2,1-2H3,(H,21,23)/b20-10-. The number of furan rings is 1. The van der Waals surface area contributed by atoms with E-state index in [9.17, 15) is 4.79 Å². The number of hydrazone groups is 1. The third-order valence-corrected chi connectivity index (χ3v) is 3.85. The number of hydrogen-bond acceptors (Lipinski definition) is 5. The molecule has 2 rings (SSSR count). The van der Waals surface area contributed by atoms with E-state index in [0.717, 1.165) is 19.0 Å². The fraction of sp³-hybridized carbons (Fsp3) is 0.294. The molecule has 0 saturated carbocycles. The zero-order valence-electron chi connectivity index (χ0n) is 14.0. The Morgan fingerprint density at radius 2 is 2.04 bits per heavy atom. The molecule has 0 aliphatic carbocycles. The van der Waals surface area contributed by atoms with Crippen LogP contribution in [-0.2, 0) is 4.79 Å². The van der Waals surface area contributed by atoms with Gasteiger partial charge >= 0.3 is 0 Å². The molecule has 0 bridgehead atoms. The molecule has 8 heteroatoms. The van der Waals surface area contributed by atoms with Gasteiger partial charge < -0.3 is 14.1 Å². The summed E-state index contributed by atoms with van der Waals surface area (Å²) < 4.78 is 10.9. The monoisotopic (exact) mass is 383 g/mol. The van der Waals surface area contributed by atoms with Crippen LogP contribution in [0.1, 0.15) is 19.6 Å². The van der Waals surface area contributed by atoms with E-state index in [-0.39, 0.29) is 6.61 Å². The Labute approximate surface area is 156 Å². The molecule has 134 valence electrons. The molecular weight excluding hydrogens is 365 g/mol. The van der Waals surface area contributed by atoms with Crippen molar-refractivity contribution in [2.24, 2.45) is 5.10 Å². The number of ether oxygens (including phenoxy) is 1. The highest BCUT2D eigenvalue weighted by Gasteiger charge is 2.07. The minimum atomic E-state index is -0.419. The molecule has 25 heavy (non-hydrogen) atoms. The summed E-state index contributed by atoms with van der Waals surface area (Å²) in [6, 6.07) is 8.41. The van der Waals surface area contributed by atoms with Crippen molar-refractivity contribution in [1.29, 1.82) is 0 Å². The first-order valence-corrected chi connectivity index (χ1v) is 8.53. The third kappa shape index (κ3) is 5.69. The molecule has 1 amide bonds. The van der Waals surface area contributed by atoms with Crippen LogP contribution >= 0.6 is 23.2 Å². The van der Waals surface area contributed by atoms with Gasteiger partial charge in [-0.3, -0.25) is 4.79 Å². The molecule has 0 aliphatic heterocycles. The number of anilines is 1. The Morgan fingerprint density at radius 1 is 1.28 bits per heavy atom. The van der Waals surface area contributed by atoms with E-state index in [1.165, 1.54) is 6.21 Å². The zero-order valence-corrected chi connectivity index (χ0v) is 15.5. The lowest BCUT2D eigenvalue weighted by atomic mass is 10.3. The van der Waals surface area contributed by atoms with Gasteiger partial charge in [-0.2, -0.15) is 5.10 Å². The van der Waals surface area contributed by atoms with E-state index < -0.39 is 5.91 Å². The minimum absolute atomic E-state index is 0.221. The van der Waals surface area contributed by atoms with Crippen LogP contribution in [0.5, 0.6) is 5.75 Å². The first-order valence-electron chi connectivity index (χ1n) is 7.78. The minimum Gasteiger partial charge on any atom is -0.482 e. The SMILES string of the molecule is CCN(CC)c1ccc(/C=N\NC(=O)COc2ccc(Cl)cc2Cl)o1. The Hall–Kier alpha value is -2.18. The molecule has 1 N–H and O–H groups in total. The van der Waals surface area contributed by atoms with Gasteiger partial charge in [0.15, 0.2) is 12.5 Å². The van der Waals surface area contributed by atoms with Crippen LogP contribution in [0.15, 0.2) is 39.9 Å². The Kier molecular flexibility index (Phi) is 7.16. The molecule has 0 radical (unpaired) electrons. The van der Waals surface area contributed by atoms with Crippen molar-refractivity contribution in [3.63, 3.8) is 0 Å². The van der Waals surface area contributed by atoms with Crippen LogP contribution in [0.4, 0.5) is 5.88 Å². The van der Waals surface area contributed by atoms with Gasteiger partial charge in [-0.1, -0.05) is 23.2 Å². The van der Waals surface area contributed by atoms with E-state index in [2.05, 4.69) is 15.4 Å². The zero-order chi connectivity index (χ0) is 18.2. The number of nitrogens with zero attached hydrogens (tertiary/aromatic N) is 2. The molecule has 0 saturated heterocycles. The molecule has 1 aromatic carbocycles. The Bertz CT molecular complexity index is 742. The topological polar surface area (TPSA) is 67.1 Å². The number of nitrogens with one attached hydrogen (secondary N) is 1. The van der Waals surface area contributed by atoms with Crippen molar-refractivity contribution >= 4 is 41.2 Å². The predicted octanol–water partition coefficient (Wildman–Crippen LogP) is 3.96. The smallest absolute Gasteiger partial charge is 0.277 e. The third-order valence-electron chi connectivity index (χ3n) is 3.32. The van der Waals surface area contributed by atoms with E-state index in [1.807, 2.05) is 19.9 Å². The average molecular weight is 384 g/mol. The lowest BCUT2D eigenvalue weighted by molar-refractivity contribution is -0.123. The number of halogens is 2. The summed E-state index contributed by atoms with van der Waals surface area (Å²) in [7, 11) is 0. The van der Waals surface area contributed by atoms with Gasteiger partial charge in [-0.25, -0.2) is 5.43 Å². The number of carbonyl (C=O) groups is 1. The van der Waals surface area contributed by atoms with Gasteiger partial charge in [-0.05, 0) is 38.1 Å². The highest BCUT2D eigenvalue weighted by Crippen LogP contribution is 2.27. The molecule has 0 unspecified atom stereocenters. The predicted molar refractivity (Wildman–Crippen MR) is 100.0 cm³/mol. The van der Waals surface area contributed by atoms with E-state index in [4.69, 9.17) is 32.4 Å². The number of benzene rings is 1. The fourth-order valence-corrected chi connectivity index (χ4v) is 2.52. The van der Waals surface area contributed by atoms with Gasteiger partial charge in [0.25, 0.3) is 5.91 Å². The fourth-order valence-electron chi connectivity index (χ4n) is 2.05. The second-order valence-electron chi connectivity index (χ2n) is 5.00. The van der Waals surface area contributed by atoms with Gasteiger partial charge in [-0.15, -0.1) is 0 Å². The van der Waals surface area contributed by atoms with Crippen LogP contribution in [0, 0.1) is 0 Å². The van der Waals surface area contributed by atoms with E-state index >= 15 is 0 Å². The highest BCUT2D eigenvalue weighted by atomic mass is 35.5. The molecule has 0 atom stereocenters. The first-order chi connectivity index (χ1) is 12.0. The van der Waals surface area contributed by atoms with Crippen LogP contribution in [0.25, 0.3) is 0 Å². The van der Waals surface area contributed by atoms with Crippen LogP contribution in [-0.4, -0.2) is 31.8 Å². The molecule has 6 nitrogen and oxygen atoms in total. The van der Waals surface area contributed by atoms with Crippen molar-refractivity contribution in [3.05, 3.63) is 46.1 Å². The molecule has 2 aromatic rings. The van der Waals surface area contributed by atoms with Crippen molar-refractivity contribution in [2.75, 3.05) is 24.6 Å². The summed E-state index contributed by atoms with van der Waals surface area (Å²) in [4.78, 5) is 13.8. The quantitative estimate of drug-likeness (QED) is 0.553. The van der Waals surface area contributed by atoms with Crippen molar-refractivity contribution in [1.82, 2.24) is 5.43 Å². The summed E-state index contributed by atoms with van der Waals surface area (Å²) in [6.45, 7) is 5.57. The molecule has 0 fully saturated rings. The second kappa shape index (κ2) is 9.34. The maximum atomic E-state index is 11.7. The largest absolute Gasteiger partial charge is 0.482 e. The Balaban J connectivity index is 1.82. The number of rotatable bonds is 8. The molecule has 0 aliphatic rings. The highest BCUT2D eigenvalue weighted by molar-refractivity contribution is 6.35. The summed E-state index contributed by atoms with van der Waals surface area (Å²) >= 11 is 11.8. The maximum absolute atomic E-state index is 11.7. The van der Waals surface area contributed by atoms with Gasteiger partial charge in [0.2, 0.25) is 0 Å². The molecule has 1 aromatic heterocycles. The number of hydrogen-bond donors (Lipinski definition) is 1. The van der Waals surface area contributed by atoms with E-state index in [1.54, 1.807) is 24.3 Å². The van der Waals surface area contributed by atoms with Crippen LogP contribution in [0.2, 0.25) is 10.0 Å². The Morgan fingerprint density at radius 3 is 2.72 bits per heavy atom.